The molecule has 1 fully saturated rings. The Balaban J connectivity index is 1.95. The minimum atomic E-state index is -0.546. The minimum Gasteiger partial charge on any atom is -0.360 e. The number of hydrogen-bond acceptors (Lipinski definition) is 4. The van der Waals surface area contributed by atoms with Gasteiger partial charge in [-0.3, -0.25) is 0 Å². The normalized spacial score (nSPS) is 20.1. The first-order valence-electron chi connectivity index (χ1n) is 6.53. The summed E-state index contributed by atoms with van der Waals surface area (Å²) in [6.45, 7) is 3.07. The highest BCUT2D eigenvalue weighted by atomic mass is 16.5. The second-order valence-electron chi connectivity index (χ2n) is 4.78. The van der Waals surface area contributed by atoms with E-state index in [9.17, 15) is 4.79 Å². The van der Waals surface area contributed by atoms with Crippen LogP contribution in [0.1, 0.15) is 18.5 Å². The van der Waals surface area contributed by atoms with Gasteiger partial charge in [-0.2, -0.15) is 5.26 Å². The number of nitrogens with two attached hydrogens (primary N) is 1. The van der Waals surface area contributed by atoms with Crippen LogP contribution < -0.4 is 11.1 Å². The van der Waals surface area contributed by atoms with Crippen LogP contribution in [0.2, 0.25) is 0 Å². The Bertz CT molecular complexity index is 507. The maximum atomic E-state index is 12.1. The molecule has 2 rings (SSSR count). The summed E-state index contributed by atoms with van der Waals surface area (Å²) in [4.78, 5) is 13.7. The van der Waals surface area contributed by atoms with Gasteiger partial charge in [0.1, 0.15) is 0 Å². The van der Waals surface area contributed by atoms with Gasteiger partial charge in [-0.05, 0) is 24.6 Å². The van der Waals surface area contributed by atoms with Crippen molar-refractivity contribution in [3.8, 4) is 6.07 Å². The van der Waals surface area contributed by atoms with E-state index in [1.54, 1.807) is 4.90 Å². The maximum Gasteiger partial charge on any atom is 0.322 e. The van der Waals surface area contributed by atoms with Gasteiger partial charge in [-0.15, -0.1) is 0 Å². The van der Waals surface area contributed by atoms with Crippen LogP contribution in [0.4, 0.5) is 10.5 Å². The number of morpholine rings is 1. The fourth-order valence-electron chi connectivity index (χ4n) is 1.98. The highest BCUT2D eigenvalue weighted by Gasteiger charge is 2.23. The molecule has 1 aromatic carbocycles. The largest absolute Gasteiger partial charge is 0.360 e. The molecule has 0 aromatic heterocycles. The zero-order chi connectivity index (χ0) is 14.5. The molecule has 6 nitrogen and oxygen atoms in total. The first kappa shape index (κ1) is 14.3. The zero-order valence-electron chi connectivity index (χ0n) is 11.4. The van der Waals surface area contributed by atoms with Crippen LogP contribution in [-0.2, 0) is 4.74 Å². The van der Waals surface area contributed by atoms with Crippen molar-refractivity contribution in [2.24, 2.45) is 5.73 Å². The van der Waals surface area contributed by atoms with Crippen molar-refractivity contribution in [2.75, 3.05) is 25.0 Å². The molecular weight excluding hydrogens is 256 g/mol. The van der Waals surface area contributed by atoms with Crippen molar-refractivity contribution in [3.05, 3.63) is 29.8 Å². The van der Waals surface area contributed by atoms with Gasteiger partial charge >= 0.3 is 6.03 Å². The lowest BCUT2D eigenvalue weighted by molar-refractivity contribution is 0.0181. The van der Waals surface area contributed by atoms with Gasteiger partial charge in [-0.1, -0.05) is 12.1 Å². The van der Waals surface area contributed by atoms with E-state index < -0.39 is 6.10 Å². The number of anilines is 1. The molecule has 0 spiro atoms. The molecular formula is C14H18N4O2. The smallest absolute Gasteiger partial charge is 0.322 e. The van der Waals surface area contributed by atoms with Crippen molar-refractivity contribution < 1.29 is 9.53 Å². The summed E-state index contributed by atoms with van der Waals surface area (Å²) in [7, 11) is 0. The first-order chi connectivity index (χ1) is 9.60. The van der Waals surface area contributed by atoms with Gasteiger partial charge in [0.05, 0.1) is 19.2 Å². The molecule has 1 aromatic rings. The topological polar surface area (TPSA) is 91.4 Å². The number of urea groups is 1. The minimum absolute atomic E-state index is 0.0321. The van der Waals surface area contributed by atoms with Crippen LogP contribution in [0.3, 0.4) is 0 Å². The maximum absolute atomic E-state index is 12.1. The number of amides is 2. The van der Waals surface area contributed by atoms with Crippen LogP contribution in [0.15, 0.2) is 24.3 Å². The number of carbonyl (C=O) groups excluding carboxylic acids is 1. The lowest BCUT2D eigenvalue weighted by atomic mass is 10.1. The molecule has 3 N–H and O–H groups in total. The Morgan fingerprint density at radius 1 is 1.55 bits per heavy atom. The van der Waals surface area contributed by atoms with Gasteiger partial charge in [0, 0.05) is 18.3 Å². The van der Waals surface area contributed by atoms with E-state index in [1.807, 2.05) is 37.3 Å². The van der Waals surface area contributed by atoms with Crippen LogP contribution in [-0.4, -0.2) is 36.7 Å². The van der Waals surface area contributed by atoms with Crippen molar-refractivity contribution in [1.82, 2.24) is 4.90 Å². The SMILES string of the molecule is CC(N)c1ccc(NC(=O)N2CCOC(C#N)C2)cc1. The molecule has 0 saturated carbocycles. The predicted molar refractivity (Wildman–Crippen MR) is 75.0 cm³/mol. The van der Waals surface area contributed by atoms with Gasteiger partial charge < -0.3 is 20.7 Å². The predicted octanol–water partition coefficient (Wildman–Crippen LogP) is 1.46. The Morgan fingerprint density at radius 3 is 2.85 bits per heavy atom. The molecule has 20 heavy (non-hydrogen) atoms. The molecule has 2 amide bonds. The molecule has 106 valence electrons. The van der Waals surface area contributed by atoms with Gasteiger partial charge in [-0.25, -0.2) is 4.79 Å². The van der Waals surface area contributed by atoms with Gasteiger partial charge in [0.2, 0.25) is 0 Å². The highest BCUT2D eigenvalue weighted by Crippen LogP contribution is 2.15. The second-order valence-corrected chi connectivity index (χ2v) is 4.78. The molecule has 0 bridgehead atoms. The van der Waals surface area contributed by atoms with E-state index in [2.05, 4.69) is 5.32 Å². The number of nitriles is 1. The van der Waals surface area contributed by atoms with E-state index in [1.165, 1.54) is 0 Å². The number of hydrogen-bond donors (Lipinski definition) is 2. The average molecular weight is 274 g/mol. The van der Waals surface area contributed by atoms with Crippen molar-refractivity contribution >= 4 is 11.7 Å². The zero-order valence-corrected chi connectivity index (χ0v) is 11.4. The molecule has 0 radical (unpaired) electrons. The van der Waals surface area contributed by atoms with Crippen LogP contribution in [0.25, 0.3) is 0 Å². The Hall–Kier alpha value is -2.10. The number of carbonyl (C=O) groups is 1. The van der Waals surface area contributed by atoms with E-state index in [-0.39, 0.29) is 12.1 Å². The number of rotatable bonds is 2. The molecule has 1 saturated heterocycles. The van der Waals surface area contributed by atoms with Crippen molar-refractivity contribution in [3.63, 3.8) is 0 Å². The molecule has 1 heterocycles. The fourth-order valence-corrected chi connectivity index (χ4v) is 1.98. The second kappa shape index (κ2) is 6.37. The summed E-state index contributed by atoms with van der Waals surface area (Å²) in [6.07, 6.45) is -0.546. The van der Waals surface area contributed by atoms with Crippen LogP contribution >= 0.6 is 0 Å². The Morgan fingerprint density at radius 2 is 2.25 bits per heavy atom. The molecule has 0 aliphatic carbocycles. The van der Waals surface area contributed by atoms with E-state index >= 15 is 0 Å². The first-order valence-corrected chi connectivity index (χ1v) is 6.53. The number of ether oxygens (including phenoxy) is 1. The third kappa shape index (κ3) is 3.47. The molecule has 2 unspecified atom stereocenters. The Labute approximate surface area is 118 Å². The van der Waals surface area contributed by atoms with Gasteiger partial charge in [0.15, 0.2) is 6.10 Å². The standard InChI is InChI=1S/C14H18N4O2/c1-10(16)11-2-4-12(5-3-11)17-14(19)18-6-7-20-13(8-15)9-18/h2-5,10,13H,6-7,9,16H2,1H3,(H,17,19). The average Bonchev–Trinajstić information content (AvgIpc) is 2.47. The van der Waals surface area contributed by atoms with Crippen LogP contribution in [0, 0.1) is 11.3 Å². The molecule has 6 heteroatoms. The summed E-state index contributed by atoms with van der Waals surface area (Å²) >= 11 is 0. The molecule has 1 aliphatic rings. The third-order valence-corrected chi connectivity index (χ3v) is 3.19. The van der Waals surface area contributed by atoms with Crippen LogP contribution in [0.5, 0.6) is 0 Å². The van der Waals surface area contributed by atoms with Crippen molar-refractivity contribution in [1.29, 1.82) is 5.26 Å². The number of nitrogens with zero attached hydrogens (tertiary/aromatic N) is 2. The summed E-state index contributed by atoms with van der Waals surface area (Å²) in [6, 6.07) is 9.17. The molecule has 1 aliphatic heterocycles. The lowest BCUT2D eigenvalue weighted by Gasteiger charge is -2.29. The number of nitrogens with one attached hydrogen (secondary N) is 1. The van der Waals surface area contributed by atoms with Gasteiger partial charge in [0.25, 0.3) is 0 Å². The van der Waals surface area contributed by atoms with Crippen molar-refractivity contribution in [2.45, 2.75) is 19.1 Å². The Kier molecular flexibility index (Phi) is 4.56. The van der Waals surface area contributed by atoms with E-state index in [0.29, 0.717) is 25.4 Å². The highest BCUT2D eigenvalue weighted by molar-refractivity contribution is 5.89. The summed E-state index contributed by atoms with van der Waals surface area (Å²) in [5.41, 5.74) is 7.49. The monoisotopic (exact) mass is 274 g/mol. The summed E-state index contributed by atoms with van der Waals surface area (Å²) < 4.78 is 5.20. The fraction of sp³-hybridized carbons (Fsp3) is 0.429. The number of benzene rings is 1. The van der Waals surface area contributed by atoms with E-state index in [0.717, 1.165) is 5.56 Å². The third-order valence-electron chi connectivity index (χ3n) is 3.19. The summed E-state index contributed by atoms with van der Waals surface area (Å²) in [5, 5.41) is 11.6. The lowest BCUT2D eigenvalue weighted by Crippen LogP contribution is -2.46. The molecule has 2 atom stereocenters. The quantitative estimate of drug-likeness (QED) is 0.854. The summed E-state index contributed by atoms with van der Waals surface area (Å²) in [5.74, 6) is 0. The van der Waals surface area contributed by atoms with E-state index in [4.69, 9.17) is 15.7 Å².